The van der Waals surface area contributed by atoms with Crippen LogP contribution in [0.25, 0.3) is 0 Å². The van der Waals surface area contributed by atoms with Gasteiger partial charge in [-0.05, 0) is 63.4 Å². The molecule has 1 saturated heterocycles. The summed E-state index contributed by atoms with van der Waals surface area (Å²) >= 11 is 0. The number of amides is 2. The maximum absolute atomic E-state index is 13.0. The van der Waals surface area contributed by atoms with Crippen LogP contribution in [-0.2, 0) is 14.8 Å². The molecule has 1 heterocycles. The molecule has 1 N–H and O–H groups in total. The Balaban J connectivity index is 1.64. The summed E-state index contributed by atoms with van der Waals surface area (Å²) in [5, 5.41) is 3.03. The van der Waals surface area contributed by atoms with Crippen LogP contribution in [0.15, 0.2) is 47.4 Å². The summed E-state index contributed by atoms with van der Waals surface area (Å²) < 4.78 is 25.7. The number of nitrogens with zero attached hydrogens (tertiary/aromatic N) is 2. The third-order valence-electron chi connectivity index (χ3n) is 6.07. The van der Waals surface area contributed by atoms with E-state index in [1.807, 2.05) is 39.0 Å². The standard InChI is InChI=1S/C25H33N3O4S/c1-17-13-18(2)15-22(14-17)25(30)28-12-6-7-21(16-28)24(29)26-19(3)20-8-10-23(11-9-20)33(31,32)27(4)5/h8-11,13-15,19,21H,6-7,12,16H2,1-5H3,(H,26,29). The first-order valence-electron chi connectivity index (χ1n) is 11.2. The summed E-state index contributed by atoms with van der Waals surface area (Å²) in [7, 11) is -0.513. The van der Waals surface area contributed by atoms with Crippen molar-refractivity contribution < 1.29 is 18.0 Å². The molecule has 1 fully saturated rings. The number of likely N-dealkylation sites (tertiary alicyclic amines) is 1. The number of rotatable bonds is 6. The number of aryl methyl sites for hydroxylation is 2. The van der Waals surface area contributed by atoms with E-state index in [4.69, 9.17) is 0 Å². The smallest absolute Gasteiger partial charge is 0.253 e. The molecule has 0 radical (unpaired) electrons. The zero-order chi connectivity index (χ0) is 24.3. The van der Waals surface area contributed by atoms with Gasteiger partial charge in [0.15, 0.2) is 0 Å². The molecule has 0 saturated carbocycles. The van der Waals surface area contributed by atoms with Crippen molar-refractivity contribution in [3.63, 3.8) is 0 Å². The average molecular weight is 472 g/mol. The fourth-order valence-electron chi connectivity index (χ4n) is 4.21. The first kappa shape index (κ1) is 24.9. The largest absolute Gasteiger partial charge is 0.349 e. The maximum atomic E-state index is 13.0. The molecule has 1 aliphatic heterocycles. The second-order valence-corrected chi connectivity index (χ2v) is 11.2. The number of carbonyl (C=O) groups excluding carboxylic acids is 2. The Hall–Kier alpha value is -2.71. The lowest BCUT2D eigenvalue weighted by atomic mass is 9.95. The Morgan fingerprint density at radius 3 is 2.24 bits per heavy atom. The molecule has 2 amide bonds. The molecule has 0 aliphatic carbocycles. The predicted octanol–water partition coefficient (Wildman–Crippen LogP) is 3.28. The van der Waals surface area contributed by atoms with E-state index in [1.54, 1.807) is 29.2 Å². The van der Waals surface area contributed by atoms with Crippen molar-refractivity contribution in [3.8, 4) is 0 Å². The van der Waals surface area contributed by atoms with Gasteiger partial charge in [-0.15, -0.1) is 0 Å². The summed E-state index contributed by atoms with van der Waals surface area (Å²) in [5.41, 5.74) is 3.57. The second-order valence-electron chi connectivity index (χ2n) is 9.05. The SMILES string of the molecule is Cc1cc(C)cc(C(=O)N2CCCC(C(=O)NC(C)c3ccc(S(=O)(=O)N(C)C)cc3)C2)c1. The van der Waals surface area contributed by atoms with Gasteiger partial charge in [-0.1, -0.05) is 29.3 Å². The van der Waals surface area contributed by atoms with Crippen molar-refractivity contribution in [2.75, 3.05) is 27.2 Å². The number of nitrogens with one attached hydrogen (secondary N) is 1. The molecule has 8 heteroatoms. The summed E-state index contributed by atoms with van der Waals surface area (Å²) in [6, 6.07) is 12.1. The average Bonchev–Trinajstić information content (AvgIpc) is 2.77. The molecule has 1 aliphatic rings. The molecule has 3 rings (SSSR count). The fourth-order valence-corrected chi connectivity index (χ4v) is 5.11. The van der Waals surface area contributed by atoms with Crippen LogP contribution < -0.4 is 5.32 Å². The van der Waals surface area contributed by atoms with Crippen LogP contribution in [0.1, 0.15) is 52.9 Å². The van der Waals surface area contributed by atoms with Gasteiger partial charge in [-0.2, -0.15) is 0 Å². The predicted molar refractivity (Wildman–Crippen MR) is 128 cm³/mol. The topological polar surface area (TPSA) is 86.8 Å². The number of hydrogen-bond acceptors (Lipinski definition) is 4. The van der Waals surface area contributed by atoms with Crippen molar-refractivity contribution in [2.24, 2.45) is 5.92 Å². The van der Waals surface area contributed by atoms with E-state index < -0.39 is 10.0 Å². The van der Waals surface area contributed by atoms with Crippen LogP contribution in [-0.4, -0.2) is 56.6 Å². The van der Waals surface area contributed by atoms with Crippen LogP contribution in [0.3, 0.4) is 0 Å². The van der Waals surface area contributed by atoms with Gasteiger partial charge in [0, 0.05) is 32.7 Å². The summed E-state index contributed by atoms with van der Waals surface area (Å²) in [5.74, 6) is -0.403. The third kappa shape index (κ3) is 5.81. The number of sulfonamides is 1. The first-order chi connectivity index (χ1) is 15.5. The Bertz CT molecular complexity index is 1110. The first-order valence-corrected chi connectivity index (χ1v) is 12.6. The van der Waals surface area contributed by atoms with Gasteiger partial charge in [0.1, 0.15) is 0 Å². The van der Waals surface area contributed by atoms with Gasteiger partial charge < -0.3 is 10.2 Å². The Kier molecular flexibility index (Phi) is 7.59. The van der Waals surface area contributed by atoms with Crippen LogP contribution in [0.5, 0.6) is 0 Å². The molecular formula is C25H33N3O4S. The van der Waals surface area contributed by atoms with Crippen molar-refractivity contribution >= 4 is 21.8 Å². The molecule has 33 heavy (non-hydrogen) atoms. The molecule has 2 aromatic carbocycles. The monoisotopic (exact) mass is 471 g/mol. The highest BCUT2D eigenvalue weighted by Gasteiger charge is 2.30. The molecule has 0 aromatic heterocycles. The zero-order valence-corrected chi connectivity index (χ0v) is 20.8. The molecular weight excluding hydrogens is 438 g/mol. The summed E-state index contributed by atoms with van der Waals surface area (Å²) in [6.07, 6.45) is 1.51. The van der Waals surface area contributed by atoms with Gasteiger partial charge in [0.05, 0.1) is 16.9 Å². The summed E-state index contributed by atoms with van der Waals surface area (Å²) in [4.78, 5) is 28.0. The van der Waals surface area contributed by atoms with Crippen LogP contribution in [0.2, 0.25) is 0 Å². The van der Waals surface area contributed by atoms with E-state index in [9.17, 15) is 18.0 Å². The molecule has 2 atom stereocenters. The minimum absolute atomic E-state index is 0.0370. The lowest BCUT2D eigenvalue weighted by molar-refractivity contribution is -0.127. The number of piperidine rings is 1. The van der Waals surface area contributed by atoms with Gasteiger partial charge in [0.2, 0.25) is 15.9 Å². The normalized spacial score (nSPS) is 17.6. The lowest BCUT2D eigenvalue weighted by Gasteiger charge is -2.33. The molecule has 0 bridgehead atoms. The van der Waals surface area contributed by atoms with E-state index in [0.717, 1.165) is 29.5 Å². The third-order valence-corrected chi connectivity index (χ3v) is 7.89. The van der Waals surface area contributed by atoms with Crippen LogP contribution >= 0.6 is 0 Å². The van der Waals surface area contributed by atoms with Crippen molar-refractivity contribution in [1.29, 1.82) is 0 Å². The molecule has 2 aromatic rings. The van der Waals surface area contributed by atoms with Crippen LogP contribution in [0, 0.1) is 19.8 Å². The van der Waals surface area contributed by atoms with E-state index in [1.165, 1.54) is 18.4 Å². The van der Waals surface area contributed by atoms with E-state index >= 15 is 0 Å². The summed E-state index contributed by atoms with van der Waals surface area (Å²) in [6.45, 7) is 6.85. The minimum atomic E-state index is -3.49. The van der Waals surface area contributed by atoms with Crippen molar-refractivity contribution in [1.82, 2.24) is 14.5 Å². The molecule has 178 valence electrons. The van der Waals surface area contributed by atoms with Crippen molar-refractivity contribution in [3.05, 3.63) is 64.7 Å². The van der Waals surface area contributed by atoms with Gasteiger partial charge >= 0.3 is 0 Å². The highest BCUT2D eigenvalue weighted by atomic mass is 32.2. The van der Waals surface area contributed by atoms with E-state index in [0.29, 0.717) is 18.7 Å². The van der Waals surface area contributed by atoms with E-state index in [2.05, 4.69) is 5.32 Å². The zero-order valence-electron chi connectivity index (χ0n) is 20.0. The Morgan fingerprint density at radius 2 is 1.67 bits per heavy atom. The van der Waals surface area contributed by atoms with Gasteiger partial charge in [0.25, 0.3) is 5.91 Å². The van der Waals surface area contributed by atoms with Crippen LogP contribution in [0.4, 0.5) is 0 Å². The lowest BCUT2D eigenvalue weighted by Crippen LogP contribution is -2.45. The quantitative estimate of drug-likeness (QED) is 0.701. The molecule has 0 spiro atoms. The highest BCUT2D eigenvalue weighted by Crippen LogP contribution is 2.22. The molecule has 2 unspecified atom stereocenters. The fraction of sp³-hybridized carbons (Fsp3) is 0.440. The van der Waals surface area contributed by atoms with Gasteiger partial charge in [-0.3, -0.25) is 9.59 Å². The number of benzene rings is 2. The second kappa shape index (κ2) is 10.1. The Morgan fingerprint density at radius 1 is 1.06 bits per heavy atom. The van der Waals surface area contributed by atoms with E-state index in [-0.39, 0.29) is 28.7 Å². The van der Waals surface area contributed by atoms with Crippen molar-refractivity contribution in [2.45, 2.75) is 44.6 Å². The maximum Gasteiger partial charge on any atom is 0.253 e. The number of hydrogen-bond donors (Lipinski definition) is 1. The number of carbonyl (C=O) groups is 2. The minimum Gasteiger partial charge on any atom is -0.349 e. The molecule has 7 nitrogen and oxygen atoms in total. The Labute approximate surface area is 196 Å². The highest BCUT2D eigenvalue weighted by molar-refractivity contribution is 7.89. The van der Waals surface area contributed by atoms with Gasteiger partial charge in [-0.25, -0.2) is 12.7 Å².